The van der Waals surface area contributed by atoms with E-state index in [0.29, 0.717) is 17.1 Å². The van der Waals surface area contributed by atoms with Crippen molar-refractivity contribution in [3.8, 4) is 21.7 Å². The van der Waals surface area contributed by atoms with Crippen molar-refractivity contribution in [2.24, 2.45) is 5.92 Å². The fourth-order valence-corrected chi connectivity index (χ4v) is 5.39. The second-order valence-corrected chi connectivity index (χ2v) is 10.1. The van der Waals surface area contributed by atoms with Gasteiger partial charge >= 0.3 is 5.97 Å². The van der Waals surface area contributed by atoms with E-state index in [1.807, 2.05) is 24.3 Å². The first-order valence-electron chi connectivity index (χ1n) is 11.3. The molecule has 2 aromatic carbocycles. The molecule has 1 amide bonds. The number of aromatic nitrogens is 2. The molecule has 4 rings (SSSR count). The summed E-state index contributed by atoms with van der Waals surface area (Å²) in [5, 5.41) is 14.8. The summed E-state index contributed by atoms with van der Waals surface area (Å²) in [6.07, 6.45) is 3.35. The molecule has 2 unspecified atom stereocenters. The van der Waals surface area contributed by atoms with Gasteiger partial charge in [0.2, 0.25) is 0 Å². The third-order valence-electron chi connectivity index (χ3n) is 5.57. The van der Waals surface area contributed by atoms with E-state index in [9.17, 15) is 23.5 Å². The highest BCUT2D eigenvalue weighted by atomic mass is 32.2. The topological polar surface area (TPSA) is 133 Å². The number of hydrogen-bond acceptors (Lipinski definition) is 6. The molecule has 2 heterocycles. The van der Waals surface area contributed by atoms with E-state index in [1.165, 1.54) is 11.3 Å². The molecule has 0 aliphatic carbocycles. The highest BCUT2D eigenvalue weighted by molar-refractivity contribution is 7.80. The van der Waals surface area contributed by atoms with Gasteiger partial charge in [-0.25, -0.2) is 14.0 Å². The number of pyridine rings is 1. The average molecular weight is 537 g/mol. The van der Waals surface area contributed by atoms with E-state index >= 15 is 0 Å². The molecule has 37 heavy (non-hydrogen) atoms. The third-order valence-corrected chi connectivity index (χ3v) is 7.23. The second kappa shape index (κ2) is 11.4. The quantitative estimate of drug-likeness (QED) is 0.251. The summed E-state index contributed by atoms with van der Waals surface area (Å²) in [6.45, 7) is 3.36. The van der Waals surface area contributed by atoms with Crippen molar-refractivity contribution < 1.29 is 23.5 Å². The van der Waals surface area contributed by atoms with Gasteiger partial charge in [-0.1, -0.05) is 38.1 Å². The molecule has 0 aliphatic heterocycles. The predicted octanol–water partition coefficient (Wildman–Crippen LogP) is 5.18. The number of carbonyl (C=O) groups is 2. The maximum atomic E-state index is 12.6. The summed E-state index contributed by atoms with van der Waals surface area (Å²) in [5.74, 6) is -1.88. The minimum atomic E-state index is -2.51. The molecule has 2 aromatic heterocycles. The Hall–Kier alpha value is -3.93. The summed E-state index contributed by atoms with van der Waals surface area (Å²) < 4.78 is 22.7. The van der Waals surface area contributed by atoms with Gasteiger partial charge in [0.25, 0.3) is 17.2 Å². The smallest absolute Gasteiger partial charge is 0.327 e. The summed E-state index contributed by atoms with van der Waals surface area (Å²) in [5.41, 5.74) is 3.82. The SMILES string of the molecule is CC(C)C(C(=O)O)N(c1ccc(-c2ccc(NC(=O)c3csc(-c4ccncc4)n3)cc2)cc1)S(=O)O. The molecule has 2 atom stereocenters. The largest absolute Gasteiger partial charge is 0.480 e. The van der Waals surface area contributed by atoms with Crippen LogP contribution in [0.25, 0.3) is 21.7 Å². The molecule has 0 fully saturated rings. The van der Waals surface area contributed by atoms with Crippen LogP contribution >= 0.6 is 11.3 Å². The van der Waals surface area contributed by atoms with Crippen LogP contribution in [0.15, 0.2) is 78.4 Å². The van der Waals surface area contributed by atoms with E-state index in [1.54, 1.807) is 68.0 Å². The molecule has 0 spiro atoms. The number of nitrogens with zero attached hydrogens (tertiary/aromatic N) is 3. The van der Waals surface area contributed by atoms with Crippen molar-refractivity contribution in [2.45, 2.75) is 19.9 Å². The van der Waals surface area contributed by atoms with Crippen molar-refractivity contribution in [1.82, 2.24) is 9.97 Å². The molecule has 190 valence electrons. The van der Waals surface area contributed by atoms with Crippen molar-refractivity contribution in [2.75, 3.05) is 9.62 Å². The van der Waals surface area contributed by atoms with E-state index in [4.69, 9.17) is 0 Å². The Kier molecular flexibility index (Phi) is 8.07. The van der Waals surface area contributed by atoms with Crippen LogP contribution in [-0.2, 0) is 16.1 Å². The summed E-state index contributed by atoms with van der Waals surface area (Å²) in [4.78, 5) is 32.7. The molecule has 0 bridgehead atoms. The molecule has 0 saturated heterocycles. The van der Waals surface area contributed by atoms with Crippen LogP contribution in [0, 0.1) is 5.92 Å². The van der Waals surface area contributed by atoms with Gasteiger partial charge in [-0.15, -0.1) is 11.3 Å². The van der Waals surface area contributed by atoms with Gasteiger partial charge in [0, 0.05) is 29.0 Å². The lowest BCUT2D eigenvalue weighted by Gasteiger charge is -2.29. The lowest BCUT2D eigenvalue weighted by molar-refractivity contribution is -0.139. The molecule has 0 saturated carbocycles. The first kappa shape index (κ1) is 26.1. The molecular formula is C26H24N4O5S2. The van der Waals surface area contributed by atoms with Crippen LogP contribution in [0.2, 0.25) is 0 Å². The molecule has 11 heteroatoms. The Bertz CT molecular complexity index is 1410. The Balaban J connectivity index is 1.46. The lowest BCUT2D eigenvalue weighted by atomic mass is 10.0. The number of hydrogen-bond donors (Lipinski definition) is 3. The fourth-order valence-electron chi connectivity index (χ4n) is 3.75. The number of thiazole rings is 1. The number of carboxylic acid groups (broad SMARTS) is 1. The number of rotatable bonds is 9. The number of carbonyl (C=O) groups excluding carboxylic acids is 1. The van der Waals surface area contributed by atoms with Gasteiger partial charge in [0.1, 0.15) is 16.7 Å². The van der Waals surface area contributed by atoms with Crippen molar-refractivity contribution >= 4 is 45.9 Å². The Morgan fingerprint density at radius 3 is 2.08 bits per heavy atom. The van der Waals surface area contributed by atoms with Crippen LogP contribution in [0.3, 0.4) is 0 Å². The summed E-state index contributed by atoms with van der Waals surface area (Å²) in [7, 11) is 0. The monoisotopic (exact) mass is 536 g/mol. The number of benzene rings is 2. The standard InChI is InChI=1S/C26H24N4O5S2/c1-16(2)23(26(32)33)30(37(34)35)21-9-5-18(6-10-21)17-3-7-20(8-4-17)28-24(31)22-15-36-25(29-22)19-11-13-27-14-12-19/h3-16,23H,1-2H3,(H,28,31)(H,32,33)(H,34,35). The number of amides is 1. The molecule has 0 radical (unpaired) electrons. The first-order valence-corrected chi connectivity index (χ1v) is 13.2. The fraction of sp³-hybridized carbons (Fsp3) is 0.154. The molecule has 9 nitrogen and oxygen atoms in total. The van der Waals surface area contributed by atoms with Crippen molar-refractivity contribution in [3.63, 3.8) is 0 Å². The number of carboxylic acids is 1. The van der Waals surface area contributed by atoms with E-state index in [2.05, 4.69) is 15.3 Å². The second-order valence-electron chi connectivity index (χ2n) is 8.44. The van der Waals surface area contributed by atoms with Gasteiger partial charge in [-0.05, 0) is 53.4 Å². The van der Waals surface area contributed by atoms with E-state index in [-0.39, 0.29) is 11.8 Å². The number of nitrogens with one attached hydrogen (secondary N) is 1. The zero-order valence-electron chi connectivity index (χ0n) is 19.9. The predicted molar refractivity (Wildman–Crippen MR) is 145 cm³/mol. The van der Waals surface area contributed by atoms with Crippen molar-refractivity contribution in [3.05, 3.63) is 84.1 Å². The molecule has 0 aliphatic rings. The molecule has 3 N–H and O–H groups in total. The van der Waals surface area contributed by atoms with Crippen LogP contribution in [-0.4, -0.2) is 41.8 Å². The third kappa shape index (κ3) is 6.08. The Morgan fingerprint density at radius 1 is 0.946 bits per heavy atom. The molecular weight excluding hydrogens is 512 g/mol. The van der Waals surface area contributed by atoms with Crippen LogP contribution in [0.5, 0.6) is 0 Å². The lowest BCUT2D eigenvalue weighted by Crippen LogP contribution is -2.45. The minimum absolute atomic E-state index is 0.316. The van der Waals surface area contributed by atoms with Crippen LogP contribution in [0.4, 0.5) is 11.4 Å². The normalized spacial score (nSPS) is 12.6. The van der Waals surface area contributed by atoms with Gasteiger partial charge in [0.05, 0.1) is 5.69 Å². The van der Waals surface area contributed by atoms with Gasteiger partial charge in [-0.3, -0.25) is 18.6 Å². The maximum absolute atomic E-state index is 12.6. The zero-order valence-corrected chi connectivity index (χ0v) is 21.6. The first-order chi connectivity index (χ1) is 17.7. The number of anilines is 2. The van der Waals surface area contributed by atoms with E-state index in [0.717, 1.165) is 26.0 Å². The summed E-state index contributed by atoms with van der Waals surface area (Å²) >= 11 is -1.13. The minimum Gasteiger partial charge on any atom is -0.480 e. The Morgan fingerprint density at radius 2 is 1.54 bits per heavy atom. The van der Waals surface area contributed by atoms with E-state index < -0.39 is 23.3 Å². The Labute approximate surface area is 220 Å². The highest BCUT2D eigenvalue weighted by Gasteiger charge is 2.32. The van der Waals surface area contributed by atoms with Gasteiger partial charge < -0.3 is 10.4 Å². The summed E-state index contributed by atoms with van der Waals surface area (Å²) in [6, 6.07) is 16.4. The highest BCUT2D eigenvalue weighted by Crippen LogP contribution is 2.28. The van der Waals surface area contributed by atoms with Crippen LogP contribution < -0.4 is 9.62 Å². The molecule has 4 aromatic rings. The van der Waals surface area contributed by atoms with Crippen molar-refractivity contribution in [1.29, 1.82) is 0 Å². The average Bonchev–Trinajstić information content (AvgIpc) is 3.38. The van der Waals surface area contributed by atoms with Crippen LogP contribution in [0.1, 0.15) is 24.3 Å². The van der Waals surface area contributed by atoms with Gasteiger partial charge in [0.15, 0.2) is 0 Å². The van der Waals surface area contributed by atoms with Gasteiger partial charge in [-0.2, -0.15) is 0 Å². The maximum Gasteiger partial charge on any atom is 0.327 e. The zero-order chi connectivity index (χ0) is 26.5. The number of aliphatic carboxylic acids is 1.